The first-order chi connectivity index (χ1) is 10.4. The first kappa shape index (κ1) is 16.7. The molecule has 0 bridgehead atoms. The average Bonchev–Trinajstić information content (AvgIpc) is 2.43. The standard InChI is InChI=1S/C16H13Br2NO3/c1-9-3-5-11(6-4-9)16(21)19-12-7-13(17)15(14(18)8-12)22-10(2)20/h3-8H,1-2H3,(H,19,21). The smallest absolute Gasteiger partial charge is 0.308 e. The third-order valence-corrected chi connectivity index (χ3v) is 3.99. The maximum absolute atomic E-state index is 12.2. The molecule has 6 heteroatoms. The van der Waals surface area contributed by atoms with E-state index < -0.39 is 5.97 Å². The molecule has 0 unspecified atom stereocenters. The van der Waals surface area contributed by atoms with Crippen molar-refractivity contribution in [3.63, 3.8) is 0 Å². The lowest BCUT2D eigenvalue weighted by Gasteiger charge is -2.11. The molecule has 0 atom stereocenters. The van der Waals surface area contributed by atoms with Gasteiger partial charge in [-0.3, -0.25) is 9.59 Å². The summed E-state index contributed by atoms with van der Waals surface area (Å²) in [4.78, 5) is 23.2. The number of carbonyl (C=O) groups excluding carboxylic acids is 2. The maximum atomic E-state index is 12.2. The quantitative estimate of drug-likeness (QED) is 0.571. The maximum Gasteiger partial charge on any atom is 0.308 e. The summed E-state index contributed by atoms with van der Waals surface area (Å²) in [7, 11) is 0. The number of carbonyl (C=O) groups is 2. The average molecular weight is 427 g/mol. The molecular weight excluding hydrogens is 414 g/mol. The van der Waals surface area contributed by atoms with Gasteiger partial charge in [0, 0.05) is 18.2 Å². The second-order valence-electron chi connectivity index (χ2n) is 4.68. The molecule has 0 aliphatic carbocycles. The van der Waals surface area contributed by atoms with Crippen LogP contribution in [-0.4, -0.2) is 11.9 Å². The Morgan fingerprint density at radius 2 is 1.59 bits per heavy atom. The van der Waals surface area contributed by atoms with Crippen molar-refractivity contribution in [2.45, 2.75) is 13.8 Å². The van der Waals surface area contributed by atoms with Crippen LogP contribution in [0.4, 0.5) is 5.69 Å². The molecule has 0 aliphatic heterocycles. The topological polar surface area (TPSA) is 55.4 Å². The summed E-state index contributed by atoms with van der Waals surface area (Å²) >= 11 is 6.65. The Morgan fingerprint density at radius 3 is 2.09 bits per heavy atom. The van der Waals surface area contributed by atoms with Crippen molar-refractivity contribution in [2.24, 2.45) is 0 Å². The van der Waals surface area contributed by atoms with Crippen molar-refractivity contribution in [3.05, 3.63) is 56.5 Å². The van der Waals surface area contributed by atoms with Gasteiger partial charge >= 0.3 is 5.97 Å². The number of benzene rings is 2. The summed E-state index contributed by atoms with van der Waals surface area (Å²) in [5.74, 6) is -0.252. The fraction of sp³-hybridized carbons (Fsp3) is 0.125. The zero-order chi connectivity index (χ0) is 16.3. The van der Waals surface area contributed by atoms with Gasteiger partial charge in [0.2, 0.25) is 0 Å². The molecule has 1 N–H and O–H groups in total. The molecule has 0 saturated carbocycles. The SMILES string of the molecule is CC(=O)Oc1c(Br)cc(NC(=O)c2ccc(C)cc2)cc1Br. The fourth-order valence-electron chi connectivity index (χ4n) is 1.78. The summed E-state index contributed by atoms with van der Waals surface area (Å²) in [6.45, 7) is 3.29. The highest BCUT2D eigenvalue weighted by Gasteiger charge is 2.13. The van der Waals surface area contributed by atoms with Crippen LogP contribution in [0.2, 0.25) is 0 Å². The summed E-state index contributed by atoms with van der Waals surface area (Å²) in [5.41, 5.74) is 2.25. The van der Waals surface area contributed by atoms with Crippen molar-refractivity contribution in [1.82, 2.24) is 0 Å². The first-order valence-electron chi connectivity index (χ1n) is 6.42. The number of amides is 1. The van der Waals surface area contributed by atoms with E-state index in [4.69, 9.17) is 4.74 Å². The van der Waals surface area contributed by atoms with Gasteiger partial charge in [0.05, 0.1) is 8.95 Å². The molecule has 2 aromatic carbocycles. The number of anilines is 1. The zero-order valence-corrected chi connectivity index (χ0v) is 15.1. The molecule has 0 fully saturated rings. The number of nitrogens with one attached hydrogen (secondary N) is 1. The Bertz CT molecular complexity index is 704. The number of ether oxygens (including phenoxy) is 1. The molecule has 1 amide bonds. The third-order valence-electron chi connectivity index (χ3n) is 2.82. The number of hydrogen-bond acceptors (Lipinski definition) is 3. The first-order valence-corrected chi connectivity index (χ1v) is 8.01. The highest BCUT2D eigenvalue weighted by molar-refractivity contribution is 9.11. The van der Waals surface area contributed by atoms with E-state index in [1.807, 2.05) is 19.1 Å². The van der Waals surface area contributed by atoms with Gasteiger partial charge in [-0.25, -0.2) is 0 Å². The fourth-order valence-corrected chi connectivity index (χ4v) is 3.13. The monoisotopic (exact) mass is 425 g/mol. The second kappa shape index (κ2) is 7.07. The van der Waals surface area contributed by atoms with Crippen LogP contribution in [-0.2, 0) is 4.79 Å². The predicted octanol–water partition coefficient (Wildman–Crippen LogP) is 4.70. The molecule has 0 saturated heterocycles. The van der Waals surface area contributed by atoms with Crippen LogP contribution in [0.3, 0.4) is 0 Å². The van der Waals surface area contributed by atoms with Crippen LogP contribution in [0.1, 0.15) is 22.8 Å². The van der Waals surface area contributed by atoms with Gasteiger partial charge < -0.3 is 10.1 Å². The number of rotatable bonds is 3. The third kappa shape index (κ3) is 4.18. The van der Waals surface area contributed by atoms with Gasteiger partial charge in [0.1, 0.15) is 0 Å². The Hall–Kier alpha value is -1.66. The van der Waals surface area contributed by atoms with Crippen LogP contribution in [0, 0.1) is 6.92 Å². The molecule has 0 radical (unpaired) electrons. The molecule has 0 spiro atoms. The second-order valence-corrected chi connectivity index (χ2v) is 6.39. The molecular formula is C16H13Br2NO3. The molecule has 2 rings (SSSR count). The van der Waals surface area contributed by atoms with Gasteiger partial charge in [-0.2, -0.15) is 0 Å². The van der Waals surface area contributed by atoms with Crippen molar-refractivity contribution in [1.29, 1.82) is 0 Å². The summed E-state index contributed by atoms with van der Waals surface area (Å²) in [6, 6.07) is 10.6. The lowest BCUT2D eigenvalue weighted by Crippen LogP contribution is -2.12. The van der Waals surface area contributed by atoms with E-state index in [1.54, 1.807) is 24.3 Å². The molecule has 114 valence electrons. The van der Waals surface area contributed by atoms with E-state index in [9.17, 15) is 9.59 Å². The normalized spacial score (nSPS) is 10.2. The molecule has 2 aromatic rings. The molecule has 0 aliphatic rings. The summed E-state index contributed by atoms with van der Waals surface area (Å²) < 4.78 is 6.22. The Kier molecular flexibility index (Phi) is 5.37. The minimum absolute atomic E-state index is 0.209. The van der Waals surface area contributed by atoms with Crippen LogP contribution in [0.25, 0.3) is 0 Å². The highest BCUT2D eigenvalue weighted by Crippen LogP contribution is 2.36. The Labute approximate surface area is 145 Å². The van der Waals surface area contributed by atoms with E-state index in [1.165, 1.54) is 6.92 Å². The molecule has 0 heterocycles. The number of hydrogen-bond donors (Lipinski definition) is 1. The molecule has 4 nitrogen and oxygen atoms in total. The van der Waals surface area contributed by atoms with Crippen LogP contribution in [0.15, 0.2) is 45.3 Å². The zero-order valence-electron chi connectivity index (χ0n) is 11.9. The number of halogens is 2. The Balaban J connectivity index is 2.21. The number of aryl methyl sites for hydroxylation is 1. The van der Waals surface area contributed by atoms with Crippen molar-refractivity contribution in [3.8, 4) is 5.75 Å². The van der Waals surface area contributed by atoms with Crippen molar-refractivity contribution < 1.29 is 14.3 Å². The van der Waals surface area contributed by atoms with Crippen molar-refractivity contribution >= 4 is 49.4 Å². The highest BCUT2D eigenvalue weighted by atomic mass is 79.9. The van der Waals surface area contributed by atoms with Gasteiger partial charge in [-0.15, -0.1) is 0 Å². The van der Waals surface area contributed by atoms with Crippen LogP contribution in [0.5, 0.6) is 5.75 Å². The summed E-state index contributed by atoms with van der Waals surface area (Å²) in [6.07, 6.45) is 0. The summed E-state index contributed by atoms with van der Waals surface area (Å²) in [5, 5.41) is 2.80. The van der Waals surface area contributed by atoms with E-state index in [0.717, 1.165) is 5.56 Å². The van der Waals surface area contributed by atoms with E-state index in [0.29, 0.717) is 25.9 Å². The van der Waals surface area contributed by atoms with Crippen LogP contribution < -0.4 is 10.1 Å². The lowest BCUT2D eigenvalue weighted by atomic mass is 10.1. The van der Waals surface area contributed by atoms with E-state index >= 15 is 0 Å². The minimum atomic E-state index is -0.419. The van der Waals surface area contributed by atoms with Gasteiger partial charge in [0.25, 0.3) is 5.91 Å². The minimum Gasteiger partial charge on any atom is -0.424 e. The van der Waals surface area contributed by atoms with Gasteiger partial charge in [-0.05, 0) is 63.0 Å². The Morgan fingerprint density at radius 1 is 1.05 bits per heavy atom. The van der Waals surface area contributed by atoms with Gasteiger partial charge in [0.15, 0.2) is 5.75 Å². The van der Waals surface area contributed by atoms with E-state index in [-0.39, 0.29) is 5.91 Å². The van der Waals surface area contributed by atoms with Gasteiger partial charge in [-0.1, -0.05) is 17.7 Å². The largest absolute Gasteiger partial charge is 0.424 e. The number of esters is 1. The molecule has 22 heavy (non-hydrogen) atoms. The molecule has 0 aromatic heterocycles. The predicted molar refractivity (Wildman–Crippen MR) is 92.3 cm³/mol. The van der Waals surface area contributed by atoms with E-state index in [2.05, 4.69) is 37.2 Å². The lowest BCUT2D eigenvalue weighted by molar-refractivity contribution is -0.131. The van der Waals surface area contributed by atoms with Crippen molar-refractivity contribution in [2.75, 3.05) is 5.32 Å². The van der Waals surface area contributed by atoms with Crippen LogP contribution >= 0.6 is 31.9 Å².